The average Bonchev–Trinajstić information content (AvgIpc) is 3.19. The molecule has 0 aliphatic heterocycles. The van der Waals surface area contributed by atoms with Gasteiger partial charge in [0.25, 0.3) is 0 Å². The summed E-state index contributed by atoms with van der Waals surface area (Å²) in [5.41, 5.74) is 2.26. The molecule has 20 heavy (non-hydrogen) atoms. The van der Waals surface area contributed by atoms with Crippen molar-refractivity contribution in [3.63, 3.8) is 0 Å². The predicted molar refractivity (Wildman–Crippen MR) is 85.9 cm³/mol. The Kier molecular flexibility index (Phi) is 6.18. The Labute approximate surface area is 127 Å². The molecule has 1 N–H and O–H groups in total. The van der Waals surface area contributed by atoms with Crippen LogP contribution in [0.5, 0.6) is 5.75 Å². The van der Waals surface area contributed by atoms with Gasteiger partial charge in [0, 0.05) is 11.1 Å². The standard InChI is InChI=1S/C17H26ClNO/c1-13-11-15(18)12-14(2)17(13)20-10-6-4-3-5-9-19-16-7-8-16/h11-12,16,19H,3-10H2,1-2H3. The minimum atomic E-state index is 0.788. The number of unbranched alkanes of at least 4 members (excludes halogenated alkanes) is 3. The van der Waals surface area contributed by atoms with Crippen LogP contribution in [0.1, 0.15) is 49.7 Å². The number of benzene rings is 1. The van der Waals surface area contributed by atoms with Crippen LogP contribution in [-0.4, -0.2) is 19.2 Å². The molecule has 0 bridgehead atoms. The first kappa shape index (κ1) is 15.7. The van der Waals surface area contributed by atoms with Gasteiger partial charge in [-0.15, -0.1) is 0 Å². The Balaban J connectivity index is 1.56. The van der Waals surface area contributed by atoms with Crippen molar-refractivity contribution >= 4 is 11.6 Å². The number of hydrogen-bond acceptors (Lipinski definition) is 2. The zero-order valence-electron chi connectivity index (χ0n) is 12.7. The van der Waals surface area contributed by atoms with E-state index in [0.29, 0.717) is 0 Å². The van der Waals surface area contributed by atoms with E-state index >= 15 is 0 Å². The minimum Gasteiger partial charge on any atom is -0.493 e. The maximum atomic E-state index is 6.02. The van der Waals surface area contributed by atoms with Gasteiger partial charge in [-0.1, -0.05) is 24.4 Å². The number of hydrogen-bond donors (Lipinski definition) is 1. The second kappa shape index (κ2) is 7.90. The number of nitrogens with one attached hydrogen (secondary N) is 1. The van der Waals surface area contributed by atoms with Crippen molar-refractivity contribution in [3.05, 3.63) is 28.3 Å². The second-order valence-corrected chi connectivity index (χ2v) is 6.30. The van der Waals surface area contributed by atoms with E-state index in [1.807, 2.05) is 12.1 Å². The molecule has 0 radical (unpaired) electrons. The van der Waals surface area contributed by atoms with Gasteiger partial charge in [0.2, 0.25) is 0 Å². The van der Waals surface area contributed by atoms with Gasteiger partial charge in [-0.05, 0) is 69.3 Å². The molecule has 1 aromatic carbocycles. The zero-order valence-corrected chi connectivity index (χ0v) is 13.4. The summed E-state index contributed by atoms with van der Waals surface area (Å²) in [5, 5.41) is 4.34. The summed E-state index contributed by atoms with van der Waals surface area (Å²) in [6, 6.07) is 4.77. The monoisotopic (exact) mass is 295 g/mol. The molecule has 0 spiro atoms. The summed E-state index contributed by atoms with van der Waals surface area (Å²) < 4.78 is 5.90. The van der Waals surface area contributed by atoms with Crippen molar-refractivity contribution in [2.75, 3.05) is 13.2 Å². The van der Waals surface area contributed by atoms with Gasteiger partial charge in [-0.3, -0.25) is 0 Å². The Bertz CT molecular complexity index is 406. The third-order valence-corrected chi connectivity index (χ3v) is 3.97. The first-order valence-electron chi connectivity index (χ1n) is 7.80. The minimum absolute atomic E-state index is 0.788. The van der Waals surface area contributed by atoms with E-state index in [-0.39, 0.29) is 0 Å². The molecule has 112 valence electrons. The lowest BCUT2D eigenvalue weighted by Gasteiger charge is -2.12. The highest BCUT2D eigenvalue weighted by atomic mass is 35.5. The third kappa shape index (κ3) is 5.34. The number of rotatable bonds is 9. The fourth-order valence-corrected chi connectivity index (χ4v) is 2.80. The molecule has 0 amide bonds. The van der Waals surface area contributed by atoms with E-state index in [1.54, 1.807) is 0 Å². The molecule has 2 rings (SSSR count). The summed E-state index contributed by atoms with van der Waals surface area (Å²) in [6.07, 6.45) is 7.72. The summed E-state index contributed by atoms with van der Waals surface area (Å²) in [6.45, 7) is 6.09. The molecule has 0 atom stereocenters. The molecular weight excluding hydrogens is 270 g/mol. The van der Waals surface area contributed by atoms with Crippen LogP contribution in [0.25, 0.3) is 0 Å². The maximum absolute atomic E-state index is 6.02. The molecule has 0 heterocycles. The molecule has 3 heteroatoms. The van der Waals surface area contributed by atoms with Gasteiger partial charge in [0.1, 0.15) is 5.75 Å². The van der Waals surface area contributed by atoms with Crippen LogP contribution >= 0.6 is 11.6 Å². The van der Waals surface area contributed by atoms with Crippen molar-refractivity contribution in [1.82, 2.24) is 5.32 Å². The van der Waals surface area contributed by atoms with Crippen LogP contribution in [0.4, 0.5) is 0 Å². The Morgan fingerprint density at radius 3 is 2.40 bits per heavy atom. The number of halogens is 1. The third-order valence-electron chi connectivity index (χ3n) is 3.75. The van der Waals surface area contributed by atoms with Crippen molar-refractivity contribution < 1.29 is 4.74 Å². The van der Waals surface area contributed by atoms with Crippen molar-refractivity contribution in [1.29, 1.82) is 0 Å². The van der Waals surface area contributed by atoms with Gasteiger partial charge >= 0.3 is 0 Å². The van der Waals surface area contributed by atoms with E-state index in [0.717, 1.165) is 41.0 Å². The van der Waals surface area contributed by atoms with E-state index in [9.17, 15) is 0 Å². The van der Waals surface area contributed by atoms with Crippen LogP contribution in [0.3, 0.4) is 0 Å². The molecule has 0 aromatic heterocycles. The lowest BCUT2D eigenvalue weighted by atomic mass is 10.1. The van der Waals surface area contributed by atoms with Crippen LogP contribution in [0.15, 0.2) is 12.1 Å². The molecule has 1 aromatic rings. The van der Waals surface area contributed by atoms with Crippen molar-refractivity contribution in [3.8, 4) is 5.75 Å². The molecule has 1 aliphatic rings. The van der Waals surface area contributed by atoms with Crippen molar-refractivity contribution in [2.24, 2.45) is 0 Å². The quantitative estimate of drug-likeness (QED) is 0.670. The second-order valence-electron chi connectivity index (χ2n) is 5.86. The van der Waals surface area contributed by atoms with Gasteiger partial charge < -0.3 is 10.1 Å². The van der Waals surface area contributed by atoms with Gasteiger partial charge in [-0.2, -0.15) is 0 Å². The highest BCUT2D eigenvalue weighted by Gasteiger charge is 2.19. The molecule has 1 fully saturated rings. The molecule has 2 nitrogen and oxygen atoms in total. The summed E-state index contributed by atoms with van der Waals surface area (Å²) in [5.74, 6) is 1.00. The molecule has 0 unspecified atom stereocenters. The smallest absolute Gasteiger partial charge is 0.125 e. The highest BCUT2D eigenvalue weighted by molar-refractivity contribution is 6.30. The van der Waals surface area contributed by atoms with E-state index in [2.05, 4.69) is 19.2 Å². The normalized spacial score (nSPS) is 14.6. The Hall–Kier alpha value is -0.730. The Morgan fingerprint density at radius 2 is 1.75 bits per heavy atom. The van der Waals surface area contributed by atoms with Crippen LogP contribution in [-0.2, 0) is 0 Å². The summed E-state index contributed by atoms with van der Waals surface area (Å²) in [4.78, 5) is 0. The summed E-state index contributed by atoms with van der Waals surface area (Å²) in [7, 11) is 0. The fourth-order valence-electron chi connectivity index (χ4n) is 2.47. The van der Waals surface area contributed by atoms with Gasteiger partial charge in [-0.25, -0.2) is 0 Å². The zero-order chi connectivity index (χ0) is 14.4. The van der Waals surface area contributed by atoms with Crippen LogP contribution in [0.2, 0.25) is 5.02 Å². The molecule has 1 saturated carbocycles. The fraction of sp³-hybridized carbons (Fsp3) is 0.647. The maximum Gasteiger partial charge on any atom is 0.125 e. The molecule has 1 aliphatic carbocycles. The van der Waals surface area contributed by atoms with E-state index in [1.165, 1.54) is 38.6 Å². The first-order valence-corrected chi connectivity index (χ1v) is 8.17. The largest absolute Gasteiger partial charge is 0.493 e. The SMILES string of the molecule is Cc1cc(Cl)cc(C)c1OCCCCCCNC1CC1. The Morgan fingerprint density at radius 1 is 1.10 bits per heavy atom. The predicted octanol–water partition coefficient (Wildman–Crippen LogP) is 4.65. The molecule has 0 saturated heterocycles. The lowest BCUT2D eigenvalue weighted by Crippen LogP contribution is -2.17. The number of aryl methyl sites for hydroxylation is 2. The van der Waals surface area contributed by atoms with Crippen molar-refractivity contribution in [2.45, 2.75) is 58.4 Å². The van der Waals surface area contributed by atoms with Gasteiger partial charge in [0.05, 0.1) is 6.61 Å². The van der Waals surface area contributed by atoms with Crippen LogP contribution < -0.4 is 10.1 Å². The van der Waals surface area contributed by atoms with Crippen LogP contribution in [0, 0.1) is 13.8 Å². The van der Waals surface area contributed by atoms with Gasteiger partial charge in [0.15, 0.2) is 0 Å². The number of ether oxygens (including phenoxy) is 1. The summed E-state index contributed by atoms with van der Waals surface area (Å²) >= 11 is 6.02. The van der Waals surface area contributed by atoms with E-state index < -0.39 is 0 Å². The molecular formula is C17H26ClNO. The highest BCUT2D eigenvalue weighted by Crippen LogP contribution is 2.27. The van der Waals surface area contributed by atoms with E-state index in [4.69, 9.17) is 16.3 Å². The first-order chi connectivity index (χ1) is 9.66. The lowest BCUT2D eigenvalue weighted by molar-refractivity contribution is 0.300. The average molecular weight is 296 g/mol. The topological polar surface area (TPSA) is 21.3 Å².